The van der Waals surface area contributed by atoms with Crippen molar-refractivity contribution in [1.29, 1.82) is 0 Å². The minimum atomic E-state index is -0.766. The molecule has 1 aromatic rings. The van der Waals surface area contributed by atoms with Crippen LogP contribution in [0.5, 0.6) is 0 Å². The van der Waals surface area contributed by atoms with Crippen molar-refractivity contribution >= 4 is 5.91 Å². The summed E-state index contributed by atoms with van der Waals surface area (Å²) in [5.74, 6) is 0.920. The molecule has 1 amide bonds. The standard InChI is InChI=1S/C12H20N4O2/c1-12(11(17)13-2)9-16(6-7-18-12)8-10-14-4-5-15(10)3/h4-5H,6-9H2,1-3H3,(H,13,17). The van der Waals surface area contributed by atoms with Crippen LogP contribution in [-0.4, -0.2) is 52.7 Å². The number of carbonyl (C=O) groups is 1. The highest BCUT2D eigenvalue weighted by Crippen LogP contribution is 2.19. The van der Waals surface area contributed by atoms with Crippen molar-refractivity contribution in [3.63, 3.8) is 0 Å². The molecule has 100 valence electrons. The van der Waals surface area contributed by atoms with Crippen LogP contribution in [0.3, 0.4) is 0 Å². The van der Waals surface area contributed by atoms with Crippen LogP contribution < -0.4 is 5.32 Å². The number of hydrogen-bond acceptors (Lipinski definition) is 4. The Labute approximate surface area is 107 Å². The third kappa shape index (κ3) is 2.54. The second-order valence-electron chi connectivity index (χ2n) is 4.82. The minimum Gasteiger partial charge on any atom is -0.363 e. The van der Waals surface area contributed by atoms with E-state index >= 15 is 0 Å². The first-order valence-electron chi connectivity index (χ1n) is 6.10. The number of rotatable bonds is 3. The van der Waals surface area contributed by atoms with E-state index in [2.05, 4.69) is 15.2 Å². The lowest BCUT2D eigenvalue weighted by Crippen LogP contribution is -2.57. The topological polar surface area (TPSA) is 59.4 Å². The Hall–Kier alpha value is -1.40. The zero-order valence-corrected chi connectivity index (χ0v) is 11.1. The van der Waals surface area contributed by atoms with E-state index < -0.39 is 5.60 Å². The van der Waals surface area contributed by atoms with Crippen molar-refractivity contribution in [2.75, 3.05) is 26.7 Å². The van der Waals surface area contributed by atoms with E-state index in [1.165, 1.54) is 0 Å². The predicted octanol–water partition coefficient (Wildman–Crippen LogP) is -0.243. The summed E-state index contributed by atoms with van der Waals surface area (Å²) in [6.45, 7) is 4.53. The third-order valence-electron chi connectivity index (χ3n) is 3.35. The Bertz CT molecular complexity index is 431. The van der Waals surface area contributed by atoms with Crippen LogP contribution in [0, 0.1) is 0 Å². The first kappa shape index (κ1) is 13.0. The maximum absolute atomic E-state index is 11.8. The molecule has 2 rings (SSSR count). The summed E-state index contributed by atoms with van der Waals surface area (Å²) in [6.07, 6.45) is 3.71. The van der Waals surface area contributed by atoms with Crippen LogP contribution in [0.15, 0.2) is 12.4 Å². The van der Waals surface area contributed by atoms with Gasteiger partial charge >= 0.3 is 0 Å². The Balaban J connectivity index is 2.03. The SMILES string of the molecule is CNC(=O)C1(C)CN(Cc2nccn2C)CCO1. The van der Waals surface area contributed by atoms with Crippen LogP contribution in [-0.2, 0) is 23.1 Å². The number of nitrogens with zero attached hydrogens (tertiary/aromatic N) is 3. The van der Waals surface area contributed by atoms with E-state index in [4.69, 9.17) is 4.74 Å². The van der Waals surface area contributed by atoms with Crippen LogP contribution >= 0.6 is 0 Å². The Kier molecular flexibility index (Phi) is 3.68. The minimum absolute atomic E-state index is 0.0768. The predicted molar refractivity (Wildman–Crippen MR) is 66.9 cm³/mol. The fraction of sp³-hybridized carbons (Fsp3) is 0.667. The van der Waals surface area contributed by atoms with Crippen LogP contribution in [0.2, 0.25) is 0 Å². The van der Waals surface area contributed by atoms with Gasteiger partial charge in [0.05, 0.1) is 13.2 Å². The molecule has 18 heavy (non-hydrogen) atoms. The van der Waals surface area contributed by atoms with Gasteiger partial charge in [0.2, 0.25) is 0 Å². The molecule has 0 aliphatic carbocycles. The molecule has 1 aromatic heterocycles. The summed E-state index contributed by atoms with van der Waals surface area (Å²) in [6, 6.07) is 0. The van der Waals surface area contributed by atoms with Crippen molar-refractivity contribution in [3.8, 4) is 0 Å². The number of aromatic nitrogens is 2. The van der Waals surface area contributed by atoms with E-state index in [-0.39, 0.29) is 5.91 Å². The number of morpholine rings is 1. The van der Waals surface area contributed by atoms with Gasteiger partial charge in [-0.2, -0.15) is 0 Å². The largest absolute Gasteiger partial charge is 0.363 e. The Morgan fingerprint density at radius 3 is 3.06 bits per heavy atom. The van der Waals surface area contributed by atoms with Gasteiger partial charge in [-0.1, -0.05) is 0 Å². The van der Waals surface area contributed by atoms with Gasteiger partial charge in [-0.15, -0.1) is 0 Å². The van der Waals surface area contributed by atoms with Crippen molar-refractivity contribution in [2.24, 2.45) is 7.05 Å². The Morgan fingerprint density at radius 1 is 1.67 bits per heavy atom. The highest BCUT2D eigenvalue weighted by molar-refractivity contribution is 5.84. The summed E-state index contributed by atoms with van der Waals surface area (Å²) in [5.41, 5.74) is -0.766. The van der Waals surface area contributed by atoms with Crippen molar-refractivity contribution < 1.29 is 9.53 Å². The molecule has 1 unspecified atom stereocenters. The molecule has 0 bridgehead atoms. The second-order valence-corrected chi connectivity index (χ2v) is 4.82. The molecule has 1 saturated heterocycles. The monoisotopic (exact) mass is 252 g/mol. The molecule has 6 heteroatoms. The van der Waals surface area contributed by atoms with E-state index in [1.807, 2.05) is 24.7 Å². The lowest BCUT2D eigenvalue weighted by Gasteiger charge is -2.38. The first-order chi connectivity index (χ1) is 8.55. The molecule has 2 heterocycles. The number of aryl methyl sites for hydroxylation is 1. The van der Waals surface area contributed by atoms with Gasteiger partial charge < -0.3 is 14.6 Å². The molecule has 1 aliphatic heterocycles. The van der Waals surface area contributed by atoms with Gasteiger partial charge in [-0.25, -0.2) is 4.98 Å². The maximum atomic E-state index is 11.8. The fourth-order valence-electron chi connectivity index (χ4n) is 2.24. The number of ether oxygens (including phenoxy) is 1. The van der Waals surface area contributed by atoms with E-state index in [9.17, 15) is 4.79 Å². The van der Waals surface area contributed by atoms with Crippen molar-refractivity contribution in [3.05, 3.63) is 18.2 Å². The lowest BCUT2D eigenvalue weighted by atomic mass is 10.0. The molecule has 1 aliphatic rings. The van der Waals surface area contributed by atoms with Crippen molar-refractivity contribution in [1.82, 2.24) is 19.8 Å². The maximum Gasteiger partial charge on any atom is 0.253 e. The van der Waals surface area contributed by atoms with E-state index in [1.54, 1.807) is 13.2 Å². The third-order valence-corrected chi connectivity index (χ3v) is 3.35. The molecule has 0 saturated carbocycles. The van der Waals surface area contributed by atoms with Crippen LogP contribution in [0.4, 0.5) is 0 Å². The highest BCUT2D eigenvalue weighted by atomic mass is 16.5. The zero-order chi connectivity index (χ0) is 13.2. The molecular formula is C12H20N4O2. The van der Waals surface area contributed by atoms with Crippen LogP contribution in [0.25, 0.3) is 0 Å². The van der Waals surface area contributed by atoms with Crippen LogP contribution in [0.1, 0.15) is 12.7 Å². The summed E-state index contributed by atoms with van der Waals surface area (Å²) in [5, 5.41) is 2.65. The number of carbonyl (C=O) groups excluding carboxylic acids is 1. The summed E-state index contributed by atoms with van der Waals surface area (Å²) >= 11 is 0. The second kappa shape index (κ2) is 5.07. The number of likely N-dealkylation sites (N-methyl/N-ethyl adjacent to an activating group) is 1. The highest BCUT2D eigenvalue weighted by Gasteiger charge is 2.38. The van der Waals surface area contributed by atoms with Gasteiger partial charge in [-0.3, -0.25) is 9.69 Å². The number of amides is 1. The molecule has 0 radical (unpaired) electrons. The molecule has 6 nitrogen and oxygen atoms in total. The van der Waals surface area contributed by atoms with Gasteiger partial charge in [0.15, 0.2) is 5.60 Å². The summed E-state index contributed by atoms with van der Waals surface area (Å²) in [7, 11) is 3.61. The number of imidazole rings is 1. The molecule has 1 atom stereocenters. The number of nitrogens with one attached hydrogen (secondary N) is 1. The molecule has 0 aromatic carbocycles. The Morgan fingerprint density at radius 2 is 2.44 bits per heavy atom. The first-order valence-corrected chi connectivity index (χ1v) is 6.10. The molecule has 1 fully saturated rings. The average molecular weight is 252 g/mol. The quantitative estimate of drug-likeness (QED) is 0.806. The lowest BCUT2D eigenvalue weighted by molar-refractivity contribution is -0.156. The smallest absolute Gasteiger partial charge is 0.253 e. The molecule has 0 spiro atoms. The summed E-state index contributed by atoms with van der Waals surface area (Å²) in [4.78, 5) is 18.3. The normalized spacial score (nSPS) is 25.1. The van der Waals surface area contributed by atoms with E-state index in [0.29, 0.717) is 13.2 Å². The zero-order valence-electron chi connectivity index (χ0n) is 11.1. The van der Waals surface area contributed by atoms with Gasteiger partial charge in [0.25, 0.3) is 5.91 Å². The van der Waals surface area contributed by atoms with Crippen molar-refractivity contribution in [2.45, 2.75) is 19.1 Å². The molecule has 1 N–H and O–H groups in total. The number of hydrogen-bond donors (Lipinski definition) is 1. The fourth-order valence-corrected chi connectivity index (χ4v) is 2.24. The average Bonchev–Trinajstić information content (AvgIpc) is 2.74. The van der Waals surface area contributed by atoms with Gasteiger partial charge in [0, 0.05) is 39.6 Å². The van der Waals surface area contributed by atoms with Gasteiger partial charge in [0.1, 0.15) is 5.82 Å². The molecular weight excluding hydrogens is 232 g/mol. The van der Waals surface area contributed by atoms with E-state index in [0.717, 1.165) is 18.9 Å². The van der Waals surface area contributed by atoms with Gasteiger partial charge in [-0.05, 0) is 6.92 Å². The summed E-state index contributed by atoms with van der Waals surface area (Å²) < 4.78 is 7.61.